The van der Waals surface area contributed by atoms with Crippen molar-refractivity contribution in [2.45, 2.75) is 51.7 Å². The van der Waals surface area contributed by atoms with Gasteiger partial charge in [0.1, 0.15) is 0 Å². The third-order valence-electron chi connectivity index (χ3n) is 4.63. The summed E-state index contributed by atoms with van der Waals surface area (Å²) in [5.41, 5.74) is 0. The zero-order chi connectivity index (χ0) is 16.2. The van der Waals surface area contributed by atoms with Crippen LogP contribution in [0.15, 0.2) is 0 Å². The quantitative estimate of drug-likeness (QED) is 0.826. The van der Waals surface area contributed by atoms with Gasteiger partial charge in [0.2, 0.25) is 0 Å². The second kappa shape index (κ2) is 7.64. The number of urea groups is 1. The highest BCUT2D eigenvalue weighted by molar-refractivity contribution is 7.91. The predicted molar refractivity (Wildman–Crippen MR) is 85.6 cm³/mol. The van der Waals surface area contributed by atoms with Crippen LogP contribution in [0.2, 0.25) is 0 Å². The van der Waals surface area contributed by atoms with E-state index in [4.69, 9.17) is 4.74 Å². The average Bonchev–Trinajstić information content (AvgIpc) is 3.01. The van der Waals surface area contributed by atoms with Crippen LogP contribution in [0.3, 0.4) is 0 Å². The van der Waals surface area contributed by atoms with Gasteiger partial charge < -0.3 is 15.0 Å². The summed E-state index contributed by atoms with van der Waals surface area (Å²) in [4.78, 5) is 14.0. The number of rotatable bonds is 5. The Bertz CT molecular complexity index is 466. The van der Waals surface area contributed by atoms with Gasteiger partial charge in [-0.1, -0.05) is 6.92 Å². The number of sulfone groups is 1. The van der Waals surface area contributed by atoms with Gasteiger partial charge in [0.15, 0.2) is 9.84 Å². The third kappa shape index (κ3) is 4.84. The van der Waals surface area contributed by atoms with Crippen LogP contribution in [0.4, 0.5) is 4.79 Å². The first-order valence-electron chi connectivity index (χ1n) is 8.28. The zero-order valence-corrected chi connectivity index (χ0v) is 14.4. The van der Waals surface area contributed by atoms with Gasteiger partial charge in [-0.3, -0.25) is 0 Å². The Morgan fingerprint density at radius 3 is 2.55 bits per heavy atom. The number of hydrogen-bond acceptors (Lipinski definition) is 4. The fourth-order valence-corrected chi connectivity index (χ4v) is 4.37. The number of carbonyl (C=O) groups is 1. The molecule has 22 heavy (non-hydrogen) atoms. The lowest BCUT2D eigenvalue weighted by atomic mass is 9.90. The van der Waals surface area contributed by atoms with Crippen molar-refractivity contribution in [3.05, 3.63) is 0 Å². The molecule has 6 nitrogen and oxygen atoms in total. The first kappa shape index (κ1) is 17.5. The van der Waals surface area contributed by atoms with E-state index in [1.807, 2.05) is 0 Å². The summed E-state index contributed by atoms with van der Waals surface area (Å²) in [5, 5.41) is 2.80. The molecule has 0 aromatic heterocycles. The number of ether oxygens (including phenoxy) is 1. The number of piperidine rings is 1. The molecule has 0 unspecified atom stereocenters. The molecule has 2 fully saturated rings. The second-order valence-corrected chi connectivity index (χ2v) is 8.82. The first-order chi connectivity index (χ1) is 10.4. The minimum atomic E-state index is -3.06. The van der Waals surface area contributed by atoms with Gasteiger partial charge in [-0.25, -0.2) is 13.2 Å². The summed E-state index contributed by atoms with van der Waals surface area (Å²) >= 11 is 0. The lowest BCUT2D eigenvalue weighted by Crippen LogP contribution is -2.49. The molecule has 7 heteroatoms. The Balaban J connectivity index is 1.75. The molecule has 2 heterocycles. The molecule has 0 aliphatic carbocycles. The molecule has 0 radical (unpaired) electrons. The summed E-state index contributed by atoms with van der Waals surface area (Å²) in [6.07, 6.45) is 4.61. The maximum Gasteiger partial charge on any atom is 0.317 e. The second-order valence-electron chi connectivity index (χ2n) is 6.43. The van der Waals surface area contributed by atoms with E-state index >= 15 is 0 Å². The van der Waals surface area contributed by atoms with E-state index in [2.05, 4.69) is 5.32 Å². The minimum absolute atomic E-state index is 0.00161. The Kier molecular flexibility index (Phi) is 6.09. The highest BCUT2D eigenvalue weighted by Gasteiger charge is 2.31. The summed E-state index contributed by atoms with van der Waals surface area (Å²) in [6.45, 7) is 5.69. The molecule has 2 aliphatic heterocycles. The van der Waals surface area contributed by atoms with E-state index < -0.39 is 9.84 Å². The van der Waals surface area contributed by atoms with Gasteiger partial charge in [0.05, 0.1) is 11.9 Å². The van der Waals surface area contributed by atoms with Crippen molar-refractivity contribution in [2.24, 2.45) is 5.92 Å². The molecule has 0 bridgehead atoms. The standard InChI is InChI=1S/C15H28N2O4S/c1-3-22(19,20)11-12(2)16-15(18)17-8-6-13(7-9-17)14-5-4-10-21-14/h12-14H,3-11H2,1-2H3,(H,16,18)/t12-,14-/m0/s1. The Hall–Kier alpha value is -0.820. The van der Waals surface area contributed by atoms with Crippen LogP contribution >= 0.6 is 0 Å². The summed E-state index contributed by atoms with van der Waals surface area (Å²) in [6, 6.07) is -0.502. The maximum absolute atomic E-state index is 12.2. The number of amides is 2. The summed E-state index contributed by atoms with van der Waals surface area (Å²) in [5.74, 6) is 0.672. The molecule has 1 N–H and O–H groups in total. The molecular formula is C15H28N2O4S. The van der Waals surface area contributed by atoms with E-state index in [9.17, 15) is 13.2 Å². The van der Waals surface area contributed by atoms with E-state index in [1.54, 1.807) is 18.7 Å². The molecular weight excluding hydrogens is 304 g/mol. The number of carbonyl (C=O) groups excluding carboxylic acids is 1. The summed E-state index contributed by atoms with van der Waals surface area (Å²) in [7, 11) is -3.06. The Morgan fingerprint density at radius 2 is 2.00 bits per heavy atom. The monoisotopic (exact) mass is 332 g/mol. The van der Waals surface area contributed by atoms with Gasteiger partial charge >= 0.3 is 6.03 Å². The molecule has 0 aromatic rings. The van der Waals surface area contributed by atoms with E-state index in [0.717, 1.165) is 45.4 Å². The fourth-order valence-electron chi connectivity index (χ4n) is 3.29. The predicted octanol–water partition coefficient (Wildman–Crippen LogP) is 1.41. The molecule has 2 saturated heterocycles. The van der Waals surface area contributed by atoms with Crippen molar-refractivity contribution in [3.63, 3.8) is 0 Å². The zero-order valence-electron chi connectivity index (χ0n) is 13.6. The maximum atomic E-state index is 12.2. The smallest absolute Gasteiger partial charge is 0.317 e. The van der Waals surface area contributed by atoms with Crippen LogP contribution in [-0.2, 0) is 14.6 Å². The molecule has 0 saturated carbocycles. The van der Waals surface area contributed by atoms with Gasteiger partial charge in [-0.2, -0.15) is 0 Å². The first-order valence-corrected chi connectivity index (χ1v) is 10.1. The number of likely N-dealkylation sites (tertiary alicyclic amines) is 1. The van der Waals surface area contributed by atoms with Crippen molar-refractivity contribution in [1.82, 2.24) is 10.2 Å². The summed E-state index contributed by atoms with van der Waals surface area (Å²) < 4.78 is 28.9. The van der Waals surface area contributed by atoms with Crippen molar-refractivity contribution in [2.75, 3.05) is 31.2 Å². The highest BCUT2D eigenvalue weighted by Crippen LogP contribution is 2.28. The molecule has 0 aromatic carbocycles. The van der Waals surface area contributed by atoms with E-state index in [-0.39, 0.29) is 23.6 Å². The lowest BCUT2D eigenvalue weighted by molar-refractivity contribution is 0.0371. The minimum Gasteiger partial charge on any atom is -0.378 e. The van der Waals surface area contributed by atoms with Crippen molar-refractivity contribution < 1.29 is 17.9 Å². The van der Waals surface area contributed by atoms with Gasteiger partial charge in [0.25, 0.3) is 0 Å². The van der Waals surface area contributed by atoms with Crippen LogP contribution in [0.1, 0.15) is 39.5 Å². The highest BCUT2D eigenvalue weighted by atomic mass is 32.2. The van der Waals surface area contributed by atoms with Gasteiger partial charge in [-0.05, 0) is 38.5 Å². The number of hydrogen-bond donors (Lipinski definition) is 1. The van der Waals surface area contributed by atoms with Crippen molar-refractivity contribution >= 4 is 15.9 Å². The number of nitrogens with one attached hydrogen (secondary N) is 1. The molecule has 2 atom stereocenters. The van der Waals surface area contributed by atoms with Gasteiger partial charge in [-0.15, -0.1) is 0 Å². The normalized spacial score (nSPS) is 25.2. The van der Waals surface area contributed by atoms with Crippen LogP contribution in [0.5, 0.6) is 0 Å². The van der Waals surface area contributed by atoms with E-state index in [1.165, 1.54) is 0 Å². The SMILES string of the molecule is CCS(=O)(=O)C[C@H](C)NC(=O)N1CCC([C@@H]2CCCO2)CC1. The largest absolute Gasteiger partial charge is 0.378 e. The molecule has 2 aliphatic rings. The fraction of sp³-hybridized carbons (Fsp3) is 0.933. The Labute approximate surface area is 133 Å². The van der Waals surface area contributed by atoms with Crippen molar-refractivity contribution in [3.8, 4) is 0 Å². The number of nitrogens with zero attached hydrogens (tertiary/aromatic N) is 1. The van der Waals surface area contributed by atoms with Crippen LogP contribution in [-0.4, -0.2) is 62.7 Å². The molecule has 2 amide bonds. The van der Waals surface area contributed by atoms with Crippen LogP contribution in [0.25, 0.3) is 0 Å². The lowest BCUT2D eigenvalue weighted by Gasteiger charge is -2.35. The molecule has 0 spiro atoms. The van der Waals surface area contributed by atoms with Gasteiger partial charge in [0, 0.05) is 31.5 Å². The molecule has 128 valence electrons. The van der Waals surface area contributed by atoms with Crippen LogP contribution < -0.4 is 5.32 Å². The van der Waals surface area contributed by atoms with E-state index in [0.29, 0.717) is 12.0 Å². The van der Waals surface area contributed by atoms with Crippen molar-refractivity contribution in [1.29, 1.82) is 0 Å². The third-order valence-corrected chi connectivity index (χ3v) is 6.52. The average molecular weight is 332 g/mol. The van der Waals surface area contributed by atoms with Crippen LogP contribution in [0, 0.1) is 5.92 Å². The Morgan fingerprint density at radius 1 is 1.32 bits per heavy atom. The topological polar surface area (TPSA) is 75.7 Å². The molecule has 2 rings (SSSR count).